The molecule has 1 atom stereocenters. The average molecular weight is 377 g/mol. The van der Waals surface area contributed by atoms with Crippen molar-refractivity contribution in [2.45, 2.75) is 19.4 Å². The third-order valence-electron chi connectivity index (χ3n) is 3.07. The van der Waals surface area contributed by atoms with Crippen molar-refractivity contribution < 1.29 is 9.18 Å². The van der Waals surface area contributed by atoms with Gasteiger partial charge in [-0.15, -0.1) is 0 Å². The Balaban J connectivity index is 2.29. The number of nitrogens with zero attached hydrogens (tertiary/aromatic N) is 1. The molecule has 5 heteroatoms. The van der Waals surface area contributed by atoms with Crippen LogP contribution in [0.25, 0.3) is 0 Å². The van der Waals surface area contributed by atoms with Crippen molar-refractivity contribution in [2.24, 2.45) is 0 Å². The van der Waals surface area contributed by atoms with Gasteiger partial charge in [0.1, 0.15) is 5.82 Å². The van der Waals surface area contributed by atoms with Crippen LogP contribution >= 0.6 is 30.3 Å². The van der Waals surface area contributed by atoms with Crippen molar-refractivity contribution in [3.63, 3.8) is 0 Å². The molecule has 0 saturated carbocycles. The molecule has 0 radical (unpaired) electrons. The van der Waals surface area contributed by atoms with Crippen LogP contribution in [0.4, 0.5) is 4.39 Å². The van der Waals surface area contributed by atoms with Gasteiger partial charge < -0.3 is 0 Å². The van der Waals surface area contributed by atoms with Crippen molar-refractivity contribution in [1.29, 1.82) is 0 Å². The van der Waals surface area contributed by atoms with Crippen LogP contribution in [0.1, 0.15) is 24.9 Å². The lowest BCUT2D eigenvalue weighted by Crippen LogP contribution is -2.29. The first-order valence-corrected chi connectivity index (χ1v) is 8.95. The second kappa shape index (κ2) is 6.16. The van der Waals surface area contributed by atoms with Crippen LogP contribution in [-0.4, -0.2) is 16.6 Å². The monoisotopic (exact) mass is 377 g/mol. The van der Waals surface area contributed by atoms with E-state index in [1.807, 2.05) is 18.2 Å². The van der Waals surface area contributed by atoms with Gasteiger partial charge >= 0.3 is 0 Å². The summed E-state index contributed by atoms with van der Waals surface area (Å²) in [7, 11) is 1.52. The third kappa shape index (κ3) is 2.95. The molecule has 0 aliphatic carbocycles. The average Bonchev–Trinajstić information content (AvgIpc) is 2.38. The summed E-state index contributed by atoms with van der Waals surface area (Å²) >= 11 is 2.18. The Morgan fingerprint density at radius 2 is 2.22 bits per heavy atom. The minimum absolute atomic E-state index is 0.00352. The van der Waals surface area contributed by atoms with Gasteiger partial charge in [0.15, 0.2) is 5.78 Å². The molecule has 1 aromatic carbocycles. The summed E-state index contributed by atoms with van der Waals surface area (Å²) in [6, 6.07) is 6.83. The van der Waals surface area contributed by atoms with Crippen LogP contribution in [-0.2, 0) is 4.79 Å². The lowest BCUT2D eigenvalue weighted by molar-refractivity contribution is -0.113. The van der Waals surface area contributed by atoms with Gasteiger partial charge in [0, 0.05) is 38.9 Å². The topological polar surface area (TPSA) is 20.3 Å². The summed E-state index contributed by atoms with van der Waals surface area (Å²) in [5.41, 5.74) is 1.51. The molecule has 1 heterocycles. The molecule has 0 N–H and O–H groups in total. The summed E-state index contributed by atoms with van der Waals surface area (Å²) in [6.07, 6.45) is 2.61. The number of benzene rings is 1. The summed E-state index contributed by atoms with van der Waals surface area (Å²) in [5.74, 6) is -0.0879. The zero-order valence-corrected chi connectivity index (χ0v) is 12.9. The number of hydrogen-bond acceptors (Lipinski definition) is 3. The Hall–Kier alpha value is -0.400. The predicted octanol–water partition coefficient (Wildman–Crippen LogP) is 4.09. The second-order valence-electron chi connectivity index (χ2n) is 4.20. The van der Waals surface area contributed by atoms with Gasteiger partial charge in [0.05, 0.1) is 6.04 Å². The van der Waals surface area contributed by atoms with E-state index in [4.69, 9.17) is 0 Å². The van der Waals surface area contributed by atoms with Crippen LogP contribution in [0.3, 0.4) is 0 Å². The van der Waals surface area contributed by atoms with E-state index >= 15 is 0 Å². The van der Waals surface area contributed by atoms with Crippen LogP contribution < -0.4 is 0 Å². The summed E-state index contributed by atoms with van der Waals surface area (Å²) in [5, 5.41) is 0. The van der Waals surface area contributed by atoms with Gasteiger partial charge in [-0.2, -0.15) is 0 Å². The van der Waals surface area contributed by atoms with Crippen LogP contribution in [0.15, 0.2) is 35.9 Å². The molecule has 0 bridgehead atoms. The minimum atomic E-state index is -0.183. The maximum atomic E-state index is 13.8. The molecule has 0 saturated heterocycles. The number of hydrogen-bond donors (Lipinski definition) is 0. The second-order valence-corrected chi connectivity index (χ2v) is 5.99. The van der Waals surface area contributed by atoms with Crippen molar-refractivity contribution in [2.75, 3.05) is 6.54 Å². The van der Waals surface area contributed by atoms with Crippen molar-refractivity contribution in [3.05, 3.63) is 47.3 Å². The maximum absolute atomic E-state index is 13.8. The molecule has 0 amide bonds. The van der Waals surface area contributed by atoms with E-state index in [0.29, 0.717) is 18.5 Å². The van der Waals surface area contributed by atoms with Crippen molar-refractivity contribution in [3.8, 4) is 0 Å². The van der Waals surface area contributed by atoms with E-state index in [2.05, 4.69) is 25.5 Å². The number of carbonyl (C=O) groups excluding carboxylic acids is 1. The zero-order chi connectivity index (χ0) is 13.1. The number of Topliss-reactive ketones (excluding diaryl/α,β-unsaturated/α-hetero) is 1. The molecule has 18 heavy (non-hydrogen) atoms. The van der Waals surface area contributed by atoms with E-state index in [0.717, 1.165) is 5.57 Å². The number of carbonyl (C=O) groups is 1. The quantitative estimate of drug-likeness (QED) is 0.585. The molecular formula is C13H13FINOS. The highest BCUT2D eigenvalue weighted by atomic mass is 127. The Kier molecular flexibility index (Phi) is 4.80. The Morgan fingerprint density at radius 3 is 2.83 bits per heavy atom. The van der Waals surface area contributed by atoms with E-state index in [9.17, 15) is 9.18 Å². The number of ketones is 1. The first-order valence-electron chi connectivity index (χ1n) is 5.63. The first kappa shape index (κ1) is 14.0. The Bertz CT molecular complexity index is 492. The lowest BCUT2D eigenvalue weighted by atomic mass is 9.96. The molecule has 96 valence electrons. The fraction of sp³-hybridized carbons (Fsp3) is 0.308. The highest BCUT2D eigenvalue weighted by molar-refractivity contribution is 14.2. The van der Waals surface area contributed by atoms with Gasteiger partial charge in [-0.05, 0) is 28.5 Å². The molecule has 1 unspecified atom stereocenters. The van der Waals surface area contributed by atoms with Gasteiger partial charge in [-0.3, -0.25) is 4.79 Å². The van der Waals surface area contributed by atoms with Crippen LogP contribution in [0.5, 0.6) is 0 Å². The van der Waals surface area contributed by atoms with E-state index in [-0.39, 0.29) is 17.6 Å². The predicted molar refractivity (Wildman–Crippen MR) is 80.8 cm³/mol. The van der Waals surface area contributed by atoms with E-state index < -0.39 is 0 Å². The fourth-order valence-electron chi connectivity index (χ4n) is 2.07. The molecule has 1 aromatic rings. The van der Waals surface area contributed by atoms with Gasteiger partial charge in [0.2, 0.25) is 0 Å². The third-order valence-corrected chi connectivity index (χ3v) is 5.15. The Morgan fingerprint density at radius 1 is 1.50 bits per heavy atom. The van der Waals surface area contributed by atoms with Crippen molar-refractivity contribution in [1.82, 2.24) is 4.31 Å². The smallest absolute Gasteiger partial charge is 0.156 e. The van der Waals surface area contributed by atoms with E-state index in [1.54, 1.807) is 13.0 Å². The van der Waals surface area contributed by atoms with Gasteiger partial charge in [-0.25, -0.2) is 8.70 Å². The fourth-order valence-corrected chi connectivity index (χ4v) is 3.79. The van der Waals surface area contributed by atoms with Gasteiger partial charge in [0.25, 0.3) is 0 Å². The molecule has 2 nitrogen and oxygen atoms in total. The normalized spacial score (nSPS) is 20.6. The van der Waals surface area contributed by atoms with Gasteiger partial charge in [-0.1, -0.05) is 24.3 Å². The van der Waals surface area contributed by atoms with Crippen LogP contribution in [0.2, 0.25) is 0 Å². The highest BCUT2D eigenvalue weighted by Gasteiger charge is 2.27. The SMILES string of the molecule is CC(=O)C1=CCC(c2ccccc2F)N(SI)C1. The van der Waals surface area contributed by atoms with Crippen LogP contribution in [0, 0.1) is 5.82 Å². The van der Waals surface area contributed by atoms with E-state index in [1.165, 1.54) is 15.2 Å². The number of halogens is 2. The molecule has 2 rings (SSSR count). The zero-order valence-electron chi connectivity index (χ0n) is 9.90. The molecule has 0 fully saturated rings. The summed E-state index contributed by atoms with van der Waals surface area (Å²) < 4.78 is 15.9. The highest BCUT2D eigenvalue weighted by Crippen LogP contribution is 2.38. The molecule has 1 aliphatic rings. The molecule has 0 spiro atoms. The van der Waals surface area contributed by atoms with Crippen molar-refractivity contribution >= 4 is 36.1 Å². The maximum Gasteiger partial charge on any atom is 0.156 e. The molecule has 1 aliphatic heterocycles. The molecular weight excluding hydrogens is 364 g/mol. The first-order chi connectivity index (χ1) is 8.63. The summed E-state index contributed by atoms with van der Waals surface area (Å²) in [6.45, 7) is 2.15. The summed E-state index contributed by atoms with van der Waals surface area (Å²) in [4.78, 5) is 11.4. The minimum Gasteiger partial charge on any atom is -0.295 e. The molecule has 0 aromatic heterocycles. The largest absolute Gasteiger partial charge is 0.295 e. The Labute approximate surface area is 122 Å². The lowest BCUT2D eigenvalue weighted by Gasteiger charge is -2.32. The standard InChI is InChI=1S/C13H13FINOS/c1-9(17)10-6-7-13(16(8-10)18-15)11-4-2-3-5-12(11)14/h2-6,13H,7-8H2,1H3. The number of rotatable bonds is 3.